The lowest BCUT2D eigenvalue weighted by Crippen LogP contribution is -2.18. The van der Waals surface area contributed by atoms with Gasteiger partial charge in [-0.2, -0.15) is 0 Å². The van der Waals surface area contributed by atoms with E-state index in [2.05, 4.69) is 15.3 Å². The van der Waals surface area contributed by atoms with E-state index >= 15 is 0 Å². The molecular formula is C20H20FN3O. The highest BCUT2D eigenvalue weighted by Crippen LogP contribution is 2.16. The Hall–Kier alpha value is -2.79. The smallest absolute Gasteiger partial charge is 0.141 e. The van der Waals surface area contributed by atoms with Gasteiger partial charge in [0.1, 0.15) is 18.2 Å². The lowest BCUT2D eigenvalue weighted by atomic mass is 10.1. The molecule has 2 heterocycles. The first kappa shape index (κ1) is 17.0. The van der Waals surface area contributed by atoms with Gasteiger partial charge in [0.25, 0.3) is 0 Å². The van der Waals surface area contributed by atoms with Crippen molar-refractivity contribution in [3.8, 4) is 5.75 Å². The molecular weight excluding hydrogens is 317 g/mol. The van der Waals surface area contributed by atoms with E-state index in [-0.39, 0.29) is 11.9 Å². The predicted octanol–water partition coefficient (Wildman–Crippen LogP) is 4.05. The first-order valence-corrected chi connectivity index (χ1v) is 8.16. The topological polar surface area (TPSA) is 47.0 Å². The van der Waals surface area contributed by atoms with E-state index in [0.717, 1.165) is 22.6 Å². The third kappa shape index (κ3) is 5.09. The van der Waals surface area contributed by atoms with Gasteiger partial charge in [0.15, 0.2) is 0 Å². The summed E-state index contributed by atoms with van der Waals surface area (Å²) < 4.78 is 18.9. The molecule has 0 spiro atoms. The maximum Gasteiger partial charge on any atom is 0.141 e. The van der Waals surface area contributed by atoms with Gasteiger partial charge in [-0.15, -0.1) is 0 Å². The molecule has 4 nitrogen and oxygen atoms in total. The standard InChI is InChI=1S/C20H20FN3O/c1-15(17-10-18(21)13-22-12-17)24-11-16-5-7-20(8-6-16)25-14-19-4-2-3-9-23-19/h2-10,12-13,15,24H,11,14H2,1H3/t15-/m0/s1. The summed E-state index contributed by atoms with van der Waals surface area (Å²) in [6.07, 6.45) is 4.64. The number of nitrogens with one attached hydrogen (secondary N) is 1. The second-order valence-electron chi connectivity index (χ2n) is 5.79. The number of pyridine rings is 2. The summed E-state index contributed by atoms with van der Waals surface area (Å²) >= 11 is 0. The number of rotatable bonds is 7. The summed E-state index contributed by atoms with van der Waals surface area (Å²) in [7, 11) is 0. The van der Waals surface area contributed by atoms with Crippen LogP contribution in [-0.4, -0.2) is 9.97 Å². The third-order valence-corrected chi connectivity index (χ3v) is 3.87. The van der Waals surface area contributed by atoms with Gasteiger partial charge >= 0.3 is 0 Å². The number of hydrogen-bond donors (Lipinski definition) is 1. The van der Waals surface area contributed by atoms with Crippen LogP contribution in [0.25, 0.3) is 0 Å². The highest BCUT2D eigenvalue weighted by molar-refractivity contribution is 5.27. The van der Waals surface area contributed by atoms with Crippen LogP contribution < -0.4 is 10.1 Å². The Morgan fingerprint density at radius 2 is 1.96 bits per heavy atom. The van der Waals surface area contributed by atoms with Gasteiger partial charge in [-0.05, 0) is 48.4 Å². The zero-order valence-corrected chi connectivity index (χ0v) is 14.0. The number of hydrogen-bond acceptors (Lipinski definition) is 4. The van der Waals surface area contributed by atoms with Crippen molar-refractivity contribution in [2.45, 2.75) is 26.1 Å². The van der Waals surface area contributed by atoms with Crippen molar-refractivity contribution < 1.29 is 9.13 Å². The molecule has 1 N–H and O–H groups in total. The van der Waals surface area contributed by atoms with Crippen molar-refractivity contribution in [1.82, 2.24) is 15.3 Å². The first-order valence-electron chi connectivity index (χ1n) is 8.16. The summed E-state index contributed by atoms with van der Waals surface area (Å²) in [5, 5.41) is 3.36. The third-order valence-electron chi connectivity index (χ3n) is 3.87. The molecule has 5 heteroatoms. The fourth-order valence-corrected chi connectivity index (χ4v) is 2.40. The summed E-state index contributed by atoms with van der Waals surface area (Å²) in [5.74, 6) is 0.484. The van der Waals surface area contributed by atoms with Crippen molar-refractivity contribution in [3.63, 3.8) is 0 Å². The van der Waals surface area contributed by atoms with E-state index in [1.165, 1.54) is 12.3 Å². The lowest BCUT2D eigenvalue weighted by molar-refractivity contribution is 0.301. The minimum atomic E-state index is -0.319. The number of aromatic nitrogens is 2. The Labute approximate surface area is 146 Å². The van der Waals surface area contributed by atoms with E-state index in [1.807, 2.05) is 49.4 Å². The van der Waals surface area contributed by atoms with Crippen LogP contribution in [0.1, 0.15) is 29.8 Å². The molecule has 2 aromatic heterocycles. The minimum Gasteiger partial charge on any atom is -0.487 e. The highest BCUT2D eigenvalue weighted by atomic mass is 19.1. The zero-order chi connectivity index (χ0) is 17.5. The van der Waals surface area contributed by atoms with Gasteiger partial charge in [0, 0.05) is 25.0 Å². The molecule has 1 atom stereocenters. The van der Waals surface area contributed by atoms with Gasteiger partial charge in [0.2, 0.25) is 0 Å². The molecule has 0 bridgehead atoms. The average molecular weight is 337 g/mol. The molecule has 0 saturated carbocycles. The van der Waals surface area contributed by atoms with Crippen LogP contribution in [0, 0.1) is 5.82 Å². The molecule has 0 radical (unpaired) electrons. The van der Waals surface area contributed by atoms with Gasteiger partial charge in [-0.3, -0.25) is 9.97 Å². The number of halogens is 1. The van der Waals surface area contributed by atoms with Crippen molar-refractivity contribution >= 4 is 0 Å². The van der Waals surface area contributed by atoms with E-state index in [9.17, 15) is 4.39 Å². The van der Waals surface area contributed by atoms with Gasteiger partial charge in [-0.25, -0.2) is 4.39 Å². The predicted molar refractivity (Wildman–Crippen MR) is 94.5 cm³/mol. The SMILES string of the molecule is C[C@H](NCc1ccc(OCc2ccccn2)cc1)c1cncc(F)c1. The van der Waals surface area contributed by atoms with Gasteiger partial charge in [-0.1, -0.05) is 18.2 Å². The molecule has 0 aliphatic heterocycles. The molecule has 0 amide bonds. The van der Waals surface area contributed by atoms with Crippen LogP contribution in [0.2, 0.25) is 0 Å². The highest BCUT2D eigenvalue weighted by Gasteiger charge is 2.06. The molecule has 0 aliphatic carbocycles. The largest absolute Gasteiger partial charge is 0.487 e. The van der Waals surface area contributed by atoms with Crippen molar-refractivity contribution in [1.29, 1.82) is 0 Å². The minimum absolute atomic E-state index is 0.0169. The van der Waals surface area contributed by atoms with Crippen LogP contribution in [0.3, 0.4) is 0 Å². The second-order valence-corrected chi connectivity index (χ2v) is 5.79. The summed E-state index contributed by atoms with van der Waals surface area (Å²) in [6, 6.07) is 15.2. The van der Waals surface area contributed by atoms with Gasteiger partial charge < -0.3 is 10.1 Å². The Morgan fingerprint density at radius 3 is 2.68 bits per heavy atom. The van der Waals surface area contributed by atoms with Crippen LogP contribution in [0.15, 0.2) is 67.1 Å². The average Bonchev–Trinajstić information content (AvgIpc) is 2.66. The molecule has 128 valence electrons. The fourth-order valence-electron chi connectivity index (χ4n) is 2.40. The van der Waals surface area contributed by atoms with Crippen molar-refractivity contribution in [2.75, 3.05) is 0 Å². The van der Waals surface area contributed by atoms with Crippen molar-refractivity contribution in [2.24, 2.45) is 0 Å². The molecule has 0 unspecified atom stereocenters. The normalized spacial score (nSPS) is 11.9. The number of nitrogens with zero attached hydrogens (tertiary/aromatic N) is 2. The Bertz CT molecular complexity index is 794. The summed E-state index contributed by atoms with van der Waals surface area (Å²) in [4.78, 5) is 8.11. The van der Waals surface area contributed by atoms with E-state index in [0.29, 0.717) is 13.2 Å². The Morgan fingerprint density at radius 1 is 1.12 bits per heavy atom. The first-order chi connectivity index (χ1) is 12.2. The molecule has 0 fully saturated rings. The number of ether oxygens (including phenoxy) is 1. The van der Waals surface area contributed by atoms with E-state index in [1.54, 1.807) is 12.4 Å². The van der Waals surface area contributed by atoms with Crippen LogP contribution in [-0.2, 0) is 13.2 Å². The second kappa shape index (κ2) is 8.35. The molecule has 0 aliphatic rings. The van der Waals surface area contributed by atoms with Crippen molar-refractivity contribution in [3.05, 3.63) is 89.8 Å². The van der Waals surface area contributed by atoms with Crippen LogP contribution in [0.5, 0.6) is 5.75 Å². The molecule has 3 rings (SSSR count). The molecule has 25 heavy (non-hydrogen) atoms. The molecule has 0 saturated heterocycles. The zero-order valence-electron chi connectivity index (χ0n) is 14.0. The molecule has 3 aromatic rings. The Kier molecular flexibility index (Phi) is 5.69. The molecule has 1 aromatic carbocycles. The van der Waals surface area contributed by atoms with Gasteiger partial charge in [0.05, 0.1) is 11.9 Å². The monoisotopic (exact) mass is 337 g/mol. The summed E-state index contributed by atoms with van der Waals surface area (Å²) in [5.41, 5.74) is 2.85. The maximum atomic E-state index is 13.2. The fraction of sp³-hybridized carbons (Fsp3) is 0.200. The van der Waals surface area contributed by atoms with E-state index < -0.39 is 0 Å². The van der Waals surface area contributed by atoms with E-state index in [4.69, 9.17) is 4.74 Å². The number of benzene rings is 1. The summed E-state index contributed by atoms with van der Waals surface area (Å²) in [6.45, 7) is 3.11. The lowest BCUT2D eigenvalue weighted by Gasteiger charge is -2.14. The Balaban J connectivity index is 1.50. The maximum absolute atomic E-state index is 13.2. The van der Waals surface area contributed by atoms with Crippen LogP contribution >= 0.6 is 0 Å². The quantitative estimate of drug-likeness (QED) is 0.707. The van der Waals surface area contributed by atoms with Crippen LogP contribution in [0.4, 0.5) is 4.39 Å².